The van der Waals surface area contributed by atoms with E-state index in [9.17, 15) is 0 Å². The summed E-state index contributed by atoms with van der Waals surface area (Å²) in [6.07, 6.45) is 1.86. The molecule has 0 radical (unpaired) electrons. The zero-order valence-electron chi connectivity index (χ0n) is 14.0. The minimum Gasteiger partial charge on any atom is -0.490 e. The number of aliphatic imine (C=N–C) groups is 1. The lowest BCUT2D eigenvalue weighted by Crippen LogP contribution is -2.30. The number of hydrogen-bond acceptors (Lipinski definition) is 5. The molecule has 0 fully saturated rings. The summed E-state index contributed by atoms with van der Waals surface area (Å²) in [4.78, 5) is 8.80. The largest absolute Gasteiger partial charge is 0.490 e. The summed E-state index contributed by atoms with van der Waals surface area (Å²) in [5, 5.41) is 9.77. The highest BCUT2D eigenvalue weighted by Gasteiger charge is 2.11. The third-order valence-corrected chi connectivity index (χ3v) is 4.61. The Kier molecular flexibility index (Phi) is 5.53. The fourth-order valence-corrected chi connectivity index (χ4v) is 3.07. The van der Waals surface area contributed by atoms with Crippen LogP contribution in [-0.2, 0) is 13.0 Å². The highest BCUT2D eigenvalue weighted by atomic mass is 32.1. The molecule has 0 amide bonds. The van der Waals surface area contributed by atoms with Gasteiger partial charge >= 0.3 is 0 Å². The first-order valence-corrected chi connectivity index (χ1v) is 8.97. The molecule has 24 heavy (non-hydrogen) atoms. The molecule has 1 aromatic carbocycles. The van der Waals surface area contributed by atoms with Crippen molar-refractivity contribution >= 4 is 23.0 Å². The van der Waals surface area contributed by atoms with Gasteiger partial charge in [0.1, 0.15) is 0 Å². The molecule has 0 unspecified atom stereocenters. The van der Waals surface area contributed by atoms with Gasteiger partial charge in [-0.25, -0.2) is 4.98 Å². The molecule has 6 nitrogen and oxygen atoms in total. The normalized spacial score (nSPS) is 14.2. The van der Waals surface area contributed by atoms with Gasteiger partial charge in [0, 0.05) is 30.6 Å². The molecule has 128 valence electrons. The van der Waals surface area contributed by atoms with Crippen molar-refractivity contribution in [1.82, 2.24) is 10.3 Å². The third-order valence-electron chi connectivity index (χ3n) is 3.57. The molecule has 1 aliphatic heterocycles. The van der Waals surface area contributed by atoms with Gasteiger partial charge in [0.25, 0.3) is 0 Å². The monoisotopic (exact) mass is 346 g/mol. The van der Waals surface area contributed by atoms with Crippen LogP contribution in [0.25, 0.3) is 0 Å². The third kappa shape index (κ3) is 4.17. The van der Waals surface area contributed by atoms with Crippen molar-refractivity contribution < 1.29 is 9.47 Å². The highest BCUT2D eigenvalue weighted by molar-refractivity contribution is 7.09. The smallest absolute Gasteiger partial charge is 0.195 e. The molecule has 3 rings (SSSR count). The molecule has 0 saturated heterocycles. The van der Waals surface area contributed by atoms with Crippen molar-refractivity contribution in [2.75, 3.05) is 25.6 Å². The number of thiazole rings is 1. The second-order valence-electron chi connectivity index (χ2n) is 5.35. The Hall–Kier alpha value is -2.28. The average Bonchev–Trinajstić information content (AvgIpc) is 2.95. The number of benzene rings is 1. The summed E-state index contributed by atoms with van der Waals surface area (Å²) in [6, 6.07) is 5.81. The first kappa shape index (κ1) is 16.6. The number of aromatic nitrogens is 1. The lowest BCUT2D eigenvalue weighted by atomic mass is 10.3. The Morgan fingerprint density at radius 3 is 2.88 bits per heavy atom. The maximum Gasteiger partial charge on any atom is 0.195 e. The predicted octanol–water partition coefficient (Wildman–Crippen LogP) is 3.05. The first-order chi connectivity index (χ1) is 11.8. The summed E-state index contributed by atoms with van der Waals surface area (Å²) in [5.41, 5.74) is 1.93. The van der Waals surface area contributed by atoms with Gasteiger partial charge in [-0.05, 0) is 18.6 Å². The quantitative estimate of drug-likeness (QED) is 0.658. The van der Waals surface area contributed by atoms with E-state index in [0.29, 0.717) is 25.7 Å². The molecule has 2 heterocycles. The molecule has 2 aromatic rings. The Bertz CT molecular complexity index is 714. The van der Waals surface area contributed by atoms with Crippen LogP contribution in [0.2, 0.25) is 0 Å². The Labute approximate surface area is 145 Å². The molecule has 1 aliphatic rings. The molecule has 0 aliphatic carbocycles. The summed E-state index contributed by atoms with van der Waals surface area (Å²) in [5.74, 6) is 2.24. The number of nitrogens with zero attached hydrogens (tertiary/aromatic N) is 2. The molecule has 0 bridgehead atoms. The van der Waals surface area contributed by atoms with Crippen LogP contribution < -0.4 is 20.1 Å². The van der Waals surface area contributed by atoms with E-state index in [4.69, 9.17) is 9.47 Å². The number of rotatable bonds is 4. The maximum absolute atomic E-state index is 5.71. The lowest BCUT2D eigenvalue weighted by molar-refractivity contribution is 0.297. The summed E-state index contributed by atoms with van der Waals surface area (Å²) < 4.78 is 11.4. The zero-order valence-corrected chi connectivity index (χ0v) is 14.8. The van der Waals surface area contributed by atoms with Crippen LogP contribution in [0.15, 0.2) is 28.6 Å². The average molecular weight is 346 g/mol. The lowest BCUT2D eigenvalue weighted by Gasteiger charge is -2.13. The van der Waals surface area contributed by atoms with Gasteiger partial charge in [0.05, 0.1) is 30.5 Å². The summed E-state index contributed by atoms with van der Waals surface area (Å²) in [6.45, 7) is 4.12. The van der Waals surface area contributed by atoms with Gasteiger partial charge in [-0.1, -0.05) is 6.92 Å². The summed E-state index contributed by atoms with van der Waals surface area (Å²) >= 11 is 1.69. The topological polar surface area (TPSA) is 67.8 Å². The molecule has 0 atom stereocenters. The second kappa shape index (κ2) is 8.01. The van der Waals surface area contributed by atoms with Crippen LogP contribution in [0, 0.1) is 0 Å². The van der Waals surface area contributed by atoms with Gasteiger partial charge in [-0.3, -0.25) is 4.99 Å². The Morgan fingerprint density at radius 2 is 2.12 bits per heavy atom. The molecule has 0 saturated carbocycles. The molecule has 1 aromatic heterocycles. The number of fused-ring (bicyclic) bond motifs is 1. The van der Waals surface area contributed by atoms with E-state index >= 15 is 0 Å². The number of nitrogens with one attached hydrogen (secondary N) is 2. The van der Waals surface area contributed by atoms with Crippen molar-refractivity contribution in [2.45, 2.75) is 26.3 Å². The number of ether oxygens (including phenoxy) is 2. The maximum atomic E-state index is 5.71. The summed E-state index contributed by atoms with van der Waals surface area (Å²) in [7, 11) is 1.75. The fraction of sp³-hybridized carbons (Fsp3) is 0.412. The molecular weight excluding hydrogens is 324 g/mol. The van der Waals surface area contributed by atoms with Crippen molar-refractivity contribution in [3.63, 3.8) is 0 Å². The molecule has 2 N–H and O–H groups in total. The number of hydrogen-bond donors (Lipinski definition) is 2. The minimum atomic E-state index is 0.640. The van der Waals surface area contributed by atoms with E-state index in [0.717, 1.165) is 40.7 Å². The van der Waals surface area contributed by atoms with Crippen molar-refractivity contribution in [3.05, 3.63) is 34.3 Å². The van der Waals surface area contributed by atoms with Crippen LogP contribution in [0.3, 0.4) is 0 Å². The van der Waals surface area contributed by atoms with E-state index < -0.39 is 0 Å². The van der Waals surface area contributed by atoms with Crippen LogP contribution in [0.5, 0.6) is 11.5 Å². The van der Waals surface area contributed by atoms with Gasteiger partial charge in [-0.15, -0.1) is 11.3 Å². The molecule has 0 spiro atoms. The van der Waals surface area contributed by atoms with E-state index in [1.54, 1.807) is 18.4 Å². The van der Waals surface area contributed by atoms with E-state index in [2.05, 4.69) is 32.9 Å². The van der Waals surface area contributed by atoms with Crippen molar-refractivity contribution in [2.24, 2.45) is 4.99 Å². The van der Waals surface area contributed by atoms with Crippen LogP contribution >= 0.6 is 11.3 Å². The number of guanidine groups is 1. The predicted molar refractivity (Wildman–Crippen MR) is 97.4 cm³/mol. The van der Waals surface area contributed by atoms with Gasteiger partial charge in [0.2, 0.25) is 0 Å². The van der Waals surface area contributed by atoms with Gasteiger partial charge in [0.15, 0.2) is 17.5 Å². The van der Waals surface area contributed by atoms with E-state index in [1.165, 1.54) is 0 Å². The van der Waals surface area contributed by atoms with Crippen molar-refractivity contribution in [3.8, 4) is 11.5 Å². The number of anilines is 1. The second-order valence-corrected chi connectivity index (χ2v) is 6.29. The Morgan fingerprint density at radius 1 is 1.29 bits per heavy atom. The molecule has 7 heteroatoms. The fourth-order valence-electron chi connectivity index (χ4n) is 2.32. The van der Waals surface area contributed by atoms with Crippen LogP contribution in [0.1, 0.15) is 24.0 Å². The SMILES string of the molecule is CCc1nc(CNC(=NC)Nc2ccc3c(c2)OCCCO3)cs1. The number of aryl methyl sites for hydroxylation is 1. The van der Waals surface area contributed by atoms with Crippen molar-refractivity contribution in [1.29, 1.82) is 0 Å². The highest BCUT2D eigenvalue weighted by Crippen LogP contribution is 2.32. The van der Waals surface area contributed by atoms with E-state index in [1.807, 2.05) is 18.2 Å². The van der Waals surface area contributed by atoms with Crippen LogP contribution in [-0.4, -0.2) is 31.2 Å². The van der Waals surface area contributed by atoms with E-state index in [-0.39, 0.29) is 0 Å². The first-order valence-electron chi connectivity index (χ1n) is 8.09. The van der Waals surface area contributed by atoms with Gasteiger partial charge < -0.3 is 20.1 Å². The standard InChI is InChI=1S/C17H22N4O2S/c1-3-16-20-13(11-24-16)10-19-17(18-2)21-12-5-6-14-15(9-12)23-8-4-7-22-14/h5-6,9,11H,3-4,7-8,10H2,1-2H3,(H2,18,19,21). The molecular formula is C17H22N4O2S. The Balaban J connectivity index is 1.61. The minimum absolute atomic E-state index is 0.640. The zero-order chi connectivity index (χ0) is 16.8. The van der Waals surface area contributed by atoms with Crippen LogP contribution in [0.4, 0.5) is 5.69 Å². The van der Waals surface area contributed by atoms with Gasteiger partial charge in [-0.2, -0.15) is 0 Å².